The van der Waals surface area contributed by atoms with E-state index in [1.807, 2.05) is 0 Å². The van der Waals surface area contributed by atoms with Crippen LogP contribution in [-0.4, -0.2) is 16.0 Å². The first kappa shape index (κ1) is 11.6. The molecule has 0 atom stereocenters. The van der Waals surface area contributed by atoms with Crippen LogP contribution < -0.4 is 5.73 Å². The first-order chi connectivity index (χ1) is 8.09. The number of nitrogens with two attached hydrogens (primary N) is 1. The highest BCUT2D eigenvalue weighted by atomic mass is 35.5. The number of aromatic amines is 1. The number of nitrogen functional groups attached to an aromatic ring is 1. The molecule has 0 aliphatic rings. The third-order valence-corrected chi connectivity index (χ3v) is 2.72. The number of benzene rings is 1. The summed E-state index contributed by atoms with van der Waals surface area (Å²) in [7, 11) is 0. The van der Waals surface area contributed by atoms with Gasteiger partial charge in [0.1, 0.15) is 11.6 Å². The van der Waals surface area contributed by atoms with Gasteiger partial charge in [-0.15, -0.1) is 0 Å². The number of rotatable bonds is 3. The van der Waals surface area contributed by atoms with Crippen LogP contribution in [0.3, 0.4) is 0 Å². The number of nitrogens with zero attached hydrogens (tertiary/aromatic N) is 1. The van der Waals surface area contributed by atoms with Crippen LogP contribution in [0.15, 0.2) is 24.4 Å². The molecule has 0 aliphatic heterocycles. The van der Waals surface area contributed by atoms with Gasteiger partial charge in [-0.1, -0.05) is 17.7 Å². The van der Waals surface area contributed by atoms with Crippen LogP contribution in [-0.2, 0) is 6.42 Å². The monoisotopic (exact) mass is 253 g/mol. The first-order valence-corrected chi connectivity index (χ1v) is 5.22. The molecule has 0 unspecified atom stereocenters. The summed E-state index contributed by atoms with van der Waals surface area (Å²) in [5, 5.41) is 6.30. The molecule has 0 fully saturated rings. The Kier molecular flexibility index (Phi) is 3.10. The molecule has 4 nitrogen and oxygen atoms in total. The van der Waals surface area contributed by atoms with Crippen molar-refractivity contribution in [2.45, 2.75) is 6.42 Å². The fourth-order valence-corrected chi connectivity index (χ4v) is 1.71. The van der Waals surface area contributed by atoms with Gasteiger partial charge in [-0.3, -0.25) is 9.89 Å². The SMILES string of the molecule is Nc1[nH]ncc1C(=O)Cc1c(F)cccc1Cl. The molecular weight excluding hydrogens is 245 g/mol. The van der Waals surface area contributed by atoms with E-state index in [9.17, 15) is 9.18 Å². The second-order valence-corrected chi connectivity index (χ2v) is 3.90. The maximum atomic E-state index is 13.5. The summed E-state index contributed by atoms with van der Waals surface area (Å²) in [6.45, 7) is 0. The van der Waals surface area contributed by atoms with Gasteiger partial charge in [-0.2, -0.15) is 5.10 Å². The minimum absolute atomic E-state index is 0.144. The number of hydrogen-bond donors (Lipinski definition) is 2. The van der Waals surface area contributed by atoms with Gasteiger partial charge < -0.3 is 5.73 Å². The third kappa shape index (κ3) is 2.29. The summed E-state index contributed by atoms with van der Waals surface area (Å²) in [6, 6.07) is 4.27. The fraction of sp³-hybridized carbons (Fsp3) is 0.0909. The molecule has 0 radical (unpaired) electrons. The summed E-state index contributed by atoms with van der Waals surface area (Å²) >= 11 is 5.83. The quantitative estimate of drug-likeness (QED) is 0.824. The lowest BCUT2D eigenvalue weighted by atomic mass is 10.0. The molecule has 0 amide bonds. The molecule has 1 aromatic heterocycles. The largest absolute Gasteiger partial charge is 0.383 e. The van der Waals surface area contributed by atoms with E-state index in [-0.39, 0.29) is 34.2 Å². The van der Waals surface area contributed by atoms with Crippen molar-refractivity contribution < 1.29 is 9.18 Å². The Labute approximate surface area is 102 Å². The van der Waals surface area contributed by atoms with Crippen LogP contribution >= 0.6 is 11.6 Å². The van der Waals surface area contributed by atoms with E-state index in [0.717, 1.165) is 0 Å². The van der Waals surface area contributed by atoms with Crippen LogP contribution in [0.5, 0.6) is 0 Å². The highest BCUT2D eigenvalue weighted by molar-refractivity contribution is 6.31. The maximum Gasteiger partial charge on any atom is 0.172 e. The molecule has 3 N–H and O–H groups in total. The molecule has 0 spiro atoms. The second-order valence-electron chi connectivity index (χ2n) is 3.50. The highest BCUT2D eigenvalue weighted by Crippen LogP contribution is 2.21. The van der Waals surface area contributed by atoms with Crippen molar-refractivity contribution in [1.82, 2.24) is 10.2 Å². The minimum Gasteiger partial charge on any atom is -0.383 e. The number of Topliss-reactive ketones (excluding diaryl/α,β-unsaturated/α-hetero) is 1. The molecule has 2 rings (SSSR count). The zero-order valence-corrected chi connectivity index (χ0v) is 9.46. The average Bonchev–Trinajstić information content (AvgIpc) is 2.70. The van der Waals surface area contributed by atoms with Crippen LogP contribution in [0, 0.1) is 5.82 Å². The average molecular weight is 254 g/mol. The molecule has 0 saturated heterocycles. The molecule has 88 valence electrons. The number of nitrogens with one attached hydrogen (secondary N) is 1. The van der Waals surface area contributed by atoms with Gasteiger partial charge in [0.05, 0.1) is 11.8 Å². The zero-order chi connectivity index (χ0) is 12.4. The van der Waals surface area contributed by atoms with E-state index in [2.05, 4.69) is 10.2 Å². The molecular formula is C11H9ClFN3O. The summed E-state index contributed by atoms with van der Waals surface area (Å²) in [6.07, 6.45) is 1.17. The van der Waals surface area contributed by atoms with Crippen LogP contribution in [0.2, 0.25) is 5.02 Å². The Morgan fingerprint density at radius 2 is 2.29 bits per heavy atom. The van der Waals surface area contributed by atoms with E-state index < -0.39 is 5.82 Å². The van der Waals surface area contributed by atoms with Crippen molar-refractivity contribution in [2.24, 2.45) is 0 Å². The third-order valence-electron chi connectivity index (χ3n) is 2.37. The molecule has 17 heavy (non-hydrogen) atoms. The van der Waals surface area contributed by atoms with E-state index in [1.54, 1.807) is 0 Å². The van der Waals surface area contributed by atoms with Gasteiger partial charge in [-0.25, -0.2) is 4.39 Å². The zero-order valence-electron chi connectivity index (χ0n) is 8.71. The fourth-order valence-electron chi connectivity index (χ4n) is 1.48. The Morgan fingerprint density at radius 3 is 2.88 bits per heavy atom. The first-order valence-electron chi connectivity index (χ1n) is 4.84. The van der Waals surface area contributed by atoms with Gasteiger partial charge in [0.2, 0.25) is 0 Å². The van der Waals surface area contributed by atoms with Crippen molar-refractivity contribution in [2.75, 3.05) is 5.73 Å². The van der Waals surface area contributed by atoms with Crippen molar-refractivity contribution in [3.63, 3.8) is 0 Å². The van der Waals surface area contributed by atoms with Crippen molar-refractivity contribution >= 4 is 23.2 Å². The summed E-state index contributed by atoms with van der Waals surface area (Å²) in [5.41, 5.74) is 5.91. The normalized spacial score (nSPS) is 10.5. The molecule has 0 aliphatic carbocycles. The van der Waals surface area contributed by atoms with Crippen molar-refractivity contribution in [3.05, 3.63) is 46.4 Å². The Hall–Kier alpha value is -1.88. The van der Waals surface area contributed by atoms with E-state index in [0.29, 0.717) is 0 Å². The van der Waals surface area contributed by atoms with Gasteiger partial charge in [0.15, 0.2) is 5.78 Å². The van der Waals surface area contributed by atoms with Crippen LogP contribution in [0.25, 0.3) is 0 Å². The molecule has 2 aromatic rings. The van der Waals surface area contributed by atoms with E-state index in [1.165, 1.54) is 24.4 Å². The molecule has 1 heterocycles. The smallest absolute Gasteiger partial charge is 0.172 e. The Bertz CT molecular complexity index is 547. The summed E-state index contributed by atoms with van der Waals surface area (Å²) in [4.78, 5) is 11.8. The topological polar surface area (TPSA) is 71.8 Å². The van der Waals surface area contributed by atoms with Gasteiger partial charge in [-0.05, 0) is 12.1 Å². The van der Waals surface area contributed by atoms with Gasteiger partial charge >= 0.3 is 0 Å². The van der Waals surface area contributed by atoms with Crippen LogP contribution in [0.4, 0.5) is 10.2 Å². The standard InChI is InChI=1S/C11H9ClFN3O/c12-8-2-1-3-9(13)6(8)4-10(17)7-5-15-16-11(7)14/h1-3,5H,4H2,(H3,14,15,16). The number of anilines is 1. The number of carbonyl (C=O) groups excluding carboxylic acids is 1. The molecule has 0 bridgehead atoms. The molecule has 6 heteroatoms. The predicted octanol–water partition coefficient (Wildman–Crippen LogP) is 2.21. The number of carbonyl (C=O) groups is 1. The lowest BCUT2D eigenvalue weighted by molar-refractivity contribution is 0.0992. The van der Waals surface area contributed by atoms with Crippen LogP contribution in [0.1, 0.15) is 15.9 Å². The minimum atomic E-state index is -0.507. The lowest BCUT2D eigenvalue weighted by Gasteiger charge is -2.04. The number of H-pyrrole nitrogens is 1. The number of aromatic nitrogens is 2. The van der Waals surface area contributed by atoms with E-state index >= 15 is 0 Å². The second kappa shape index (κ2) is 4.55. The van der Waals surface area contributed by atoms with Gasteiger partial charge in [0, 0.05) is 17.0 Å². The summed E-state index contributed by atoms with van der Waals surface area (Å²) in [5.74, 6) is -0.668. The molecule has 1 aromatic carbocycles. The number of ketones is 1. The predicted molar refractivity (Wildman–Crippen MR) is 62.4 cm³/mol. The Morgan fingerprint density at radius 1 is 1.53 bits per heavy atom. The van der Waals surface area contributed by atoms with E-state index in [4.69, 9.17) is 17.3 Å². The van der Waals surface area contributed by atoms with Crippen molar-refractivity contribution in [1.29, 1.82) is 0 Å². The Balaban J connectivity index is 2.28. The number of hydrogen-bond acceptors (Lipinski definition) is 3. The highest BCUT2D eigenvalue weighted by Gasteiger charge is 2.16. The maximum absolute atomic E-state index is 13.5. The lowest BCUT2D eigenvalue weighted by Crippen LogP contribution is -2.07. The van der Waals surface area contributed by atoms with Gasteiger partial charge in [0.25, 0.3) is 0 Å². The summed E-state index contributed by atoms with van der Waals surface area (Å²) < 4.78 is 13.5. The van der Waals surface area contributed by atoms with Crippen molar-refractivity contribution in [3.8, 4) is 0 Å². The number of halogens is 2. The molecule has 0 saturated carbocycles.